The predicted molar refractivity (Wildman–Crippen MR) is 53.7 cm³/mol. The van der Waals surface area contributed by atoms with Gasteiger partial charge in [-0.25, -0.2) is 4.79 Å². The van der Waals surface area contributed by atoms with Crippen LogP contribution in [0.15, 0.2) is 12.2 Å². The highest BCUT2D eigenvalue weighted by Crippen LogP contribution is 2.00. The molecule has 1 heterocycles. The minimum Gasteiger partial charge on any atom is -0.377 e. The van der Waals surface area contributed by atoms with Gasteiger partial charge in [0.05, 0.1) is 19.3 Å². The summed E-state index contributed by atoms with van der Waals surface area (Å²) in [6.07, 6.45) is 5.22. The van der Waals surface area contributed by atoms with Crippen molar-refractivity contribution in [3.63, 3.8) is 0 Å². The van der Waals surface area contributed by atoms with E-state index in [4.69, 9.17) is 11.2 Å². The molecule has 1 atom stereocenters. The van der Waals surface area contributed by atoms with Crippen molar-refractivity contribution in [2.75, 3.05) is 13.2 Å². The highest BCUT2D eigenvalue weighted by molar-refractivity contribution is 5.75. The van der Waals surface area contributed by atoms with Crippen LogP contribution in [0.3, 0.4) is 0 Å². The lowest BCUT2D eigenvalue weighted by atomic mass is 10.1. The molecule has 0 radical (unpaired) electrons. The fourth-order valence-corrected chi connectivity index (χ4v) is 0.984. The first kappa shape index (κ1) is 10.6. The van der Waals surface area contributed by atoms with Crippen LogP contribution in [0.2, 0.25) is 0 Å². The van der Waals surface area contributed by atoms with Crippen LogP contribution in [0.5, 0.6) is 0 Å². The molecular formula is C10H14N2O2. The summed E-state index contributed by atoms with van der Waals surface area (Å²) >= 11 is 0. The Bertz CT molecular complexity index is 276. The molecule has 76 valence electrons. The van der Waals surface area contributed by atoms with Crippen LogP contribution in [0.25, 0.3) is 0 Å². The lowest BCUT2D eigenvalue weighted by molar-refractivity contribution is -0.0000225. The summed E-state index contributed by atoms with van der Waals surface area (Å²) in [4.78, 5) is 11.3. The van der Waals surface area contributed by atoms with E-state index >= 15 is 0 Å². The van der Waals surface area contributed by atoms with E-state index in [9.17, 15) is 4.79 Å². The predicted octanol–water partition coefficient (Wildman–Crippen LogP) is 0.262. The zero-order valence-corrected chi connectivity index (χ0v) is 8.17. The summed E-state index contributed by atoms with van der Waals surface area (Å²) in [6.45, 7) is 6.60. The molecule has 1 fully saturated rings. The SMILES string of the molecule is C#C[C@@H](NC(=O)NC1COC1)C(=C)C. The normalized spacial score (nSPS) is 17.4. The van der Waals surface area contributed by atoms with E-state index in [0.29, 0.717) is 13.2 Å². The second-order valence-electron chi connectivity index (χ2n) is 3.30. The van der Waals surface area contributed by atoms with Crippen molar-refractivity contribution in [3.05, 3.63) is 12.2 Å². The van der Waals surface area contributed by atoms with Crippen molar-refractivity contribution >= 4 is 6.03 Å². The van der Waals surface area contributed by atoms with Crippen LogP contribution in [-0.4, -0.2) is 31.3 Å². The Morgan fingerprint density at radius 1 is 1.71 bits per heavy atom. The summed E-state index contributed by atoms with van der Waals surface area (Å²) in [7, 11) is 0. The van der Waals surface area contributed by atoms with Crippen LogP contribution in [-0.2, 0) is 4.74 Å². The van der Waals surface area contributed by atoms with Gasteiger partial charge in [0.25, 0.3) is 0 Å². The molecule has 2 N–H and O–H groups in total. The number of urea groups is 1. The van der Waals surface area contributed by atoms with E-state index in [-0.39, 0.29) is 12.1 Å². The molecule has 4 nitrogen and oxygen atoms in total. The Morgan fingerprint density at radius 2 is 2.36 bits per heavy atom. The minimum absolute atomic E-state index is 0.110. The average molecular weight is 194 g/mol. The second-order valence-corrected chi connectivity index (χ2v) is 3.30. The zero-order chi connectivity index (χ0) is 10.6. The number of carbonyl (C=O) groups is 1. The third-order valence-electron chi connectivity index (χ3n) is 1.91. The van der Waals surface area contributed by atoms with Crippen molar-refractivity contribution in [1.29, 1.82) is 0 Å². The first-order valence-electron chi connectivity index (χ1n) is 4.39. The lowest BCUT2D eigenvalue weighted by Crippen LogP contribution is -2.53. The highest BCUT2D eigenvalue weighted by Gasteiger charge is 2.21. The van der Waals surface area contributed by atoms with E-state index in [0.717, 1.165) is 5.57 Å². The molecule has 4 heteroatoms. The first-order chi connectivity index (χ1) is 6.63. The highest BCUT2D eigenvalue weighted by atomic mass is 16.5. The zero-order valence-electron chi connectivity index (χ0n) is 8.17. The van der Waals surface area contributed by atoms with Gasteiger partial charge in [-0.15, -0.1) is 6.42 Å². The molecule has 0 unspecified atom stereocenters. The molecule has 0 aliphatic carbocycles. The Hall–Kier alpha value is -1.47. The number of carbonyl (C=O) groups excluding carboxylic acids is 1. The molecule has 1 aliphatic rings. The largest absolute Gasteiger partial charge is 0.377 e. The third kappa shape index (κ3) is 2.79. The van der Waals surface area contributed by atoms with E-state index in [1.54, 1.807) is 6.92 Å². The fraction of sp³-hybridized carbons (Fsp3) is 0.500. The van der Waals surface area contributed by atoms with Gasteiger partial charge in [-0.3, -0.25) is 0 Å². The summed E-state index contributed by atoms with van der Waals surface area (Å²) in [5.41, 5.74) is 0.743. The van der Waals surface area contributed by atoms with Gasteiger partial charge in [-0.1, -0.05) is 12.5 Å². The van der Waals surface area contributed by atoms with Crippen LogP contribution in [0.4, 0.5) is 4.79 Å². The van der Waals surface area contributed by atoms with Gasteiger partial charge in [0, 0.05) is 0 Å². The van der Waals surface area contributed by atoms with E-state index in [1.807, 2.05) is 0 Å². The molecule has 14 heavy (non-hydrogen) atoms. The van der Waals surface area contributed by atoms with Gasteiger partial charge >= 0.3 is 6.03 Å². The van der Waals surface area contributed by atoms with Crippen LogP contribution in [0, 0.1) is 12.3 Å². The number of rotatable bonds is 3. The maximum absolute atomic E-state index is 11.3. The molecule has 0 aromatic carbocycles. The molecular weight excluding hydrogens is 180 g/mol. The topological polar surface area (TPSA) is 50.4 Å². The number of nitrogens with one attached hydrogen (secondary N) is 2. The van der Waals surface area contributed by atoms with Gasteiger partial charge in [-0.2, -0.15) is 0 Å². The average Bonchev–Trinajstić information content (AvgIpc) is 2.07. The molecule has 2 amide bonds. The van der Waals surface area contributed by atoms with Gasteiger partial charge in [0.1, 0.15) is 6.04 Å². The molecule has 0 saturated carbocycles. The number of hydrogen-bond donors (Lipinski definition) is 2. The summed E-state index contributed by atoms with van der Waals surface area (Å²) in [5, 5.41) is 5.35. The number of hydrogen-bond acceptors (Lipinski definition) is 2. The maximum Gasteiger partial charge on any atom is 0.316 e. The van der Waals surface area contributed by atoms with E-state index in [1.165, 1.54) is 0 Å². The van der Waals surface area contributed by atoms with Crippen molar-refractivity contribution < 1.29 is 9.53 Å². The summed E-state index contributed by atoms with van der Waals surface area (Å²) in [6, 6.07) is -0.571. The van der Waals surface area contributed by atoms with Crippen LogP contribution < -0.4 is 10.6 Å². The van der Waals surface area contributed by atoms with Crippen molar-refractivity contribution in [2.45, 2.75) is 19.0 Å². The van der Waals surface area contributed by atoms with Gasteiger partial charge in [-0.05, 0) is 12.5 Å². The van der Waals surface area contributed by atoms with Gasteiger partial charge in [0.2, 0.25) is 0 Å². The Labute approximate surface area is 83.7 Å². The van der Waals surface area contributed by atoms with E-state index in [2.05, 4.69) is 23.1 Å². The fourth-order valence-electron chi connectivity index (χ4n) is 0.984. The third-order valence-corrected chi connectivity index (χ3v) is 1.91. The number of ether oxygens (including phenoxy) is 1. The lowest BCUT2D eigenvalue weighted by Gasteiger charge is -2.27. The maximum atomic E-state index is 11.3. The van der Waals surface area contributed by atoms with Crippen LogP contribution >= 0.6 is 0 Å². The van der Waals surface area contributed by atoms with Crippen molar-refractivity contribution in [1.82, 2.24) is 10.6 Å². The first-order valence-corrected chi connectivity index (χ1v) is 4.39. The van der Waals surface area contributed by atoms with Crippen molar-refractivity contribution in [3.8, 4) is 12.3 Å². The second kappa shape index (κ2) is 4.68. The van der Waals surface area contributed by atoms with E-state index < -0.39 is 6.04 Å². The molecule has 0 spiro atoms. The monoisotopic (exact) mass is 194 g/mol. The van der Waals surface area contributed by atoms with Gasteiger partial charge < -0.3 is 15.4 Å². The summed E-state index contributed by atoms with van der Waals surface area (Å²) in [5.74, 6) is 2.44. The summed E-state index contributed by atoms with van der Waals surface area (Å²) < 4.78 is 4.91. The van der Waals surface area contributed by atoms with Crippen LogP contribution in [0.1, 0.15) is 6.92 Å². The molecule has 1 rings (SSSR count). The molecule has 0 aromatic rings. The molecule has 1 aliphatic heterocycles. The Balaban J connectivity index is 2.31. The smallest absolute Gasteiger partial charge is 0.316 e. The molecule has 0 bridgehead atoms. The Kier molecular flexibility index (Phi) is 3.55. The number of amides is 2. The standard InChI is InChI=1S/C10H14N2O2/c1-4-9(7(2)3)12-10(13)11-8-5-14-6-8/h1,8-9H,2,5-6H2,3H3,(H2,11,12,13)/t9-/m1/s1. The van der Waals surface area contributed by atoms with Gasteiger partial charge in [0.15, 0.2) is 0 Å². The molecule has 0 aromatic heterocycles. The minimum atomic E-state index is -0.406. The molecule has 1 saturated heterocycles. The Morgan fingerprint density at radius 3 is 2.71 bits per heavy atom. The number of terminal acetylenes is 1. The quantitative estimate of drug-likeness (QED) is 0.500. The van der Waals surface area contributed by atoms with Crippen molar-refractivity contribution in [2.24, 2.45) is 0 Å².